The number of rotatable bonds is 6. The van der Waals surface area contributed by atoms with Gasteiger partial charge in [-0.15, -0.1) is 0 Å². The number of aliphatic carboxylic acids is 1. The number of hydrogen-bond acceptors (Lipinski definition) is 3. The lowest BCUT2D eigenvalue weighted by Gasteiger charge is -2.37. The molecule has 0 aromatic carbocycles. The number of carboxylic acid groups (broad SMARTS) is 1. The van der Waals surface area contributed by atoms with Crippen molar-refractivity contribution in [2.24, 2.45) is 5.92 Å². The van der Waals surface area contributed by atoms with Gasteiger partial charge >= 0.3 is 12.1 Å². The van der Waals surface area contributed by atoms with E-state index in [1.54, 1.807) is 0 Å². The van der Waals surface area contributed by atoms with Gasteiger partial charge in [-0.05, 0) is 31.6 Å². The number of carboxylic acids is 1. The predicted octanol–water partition coefficient (Wildman–Crippen LogP) is 1.68. The highest BCUT2D eigenvalue weighted by molar-refractivity contribution is 5.88. The topological polar surface area (TPSA) is 78.4 Å². The number of amides is 1. The maximum atomic E-state index is 12.0. The highest BCUT2D eigenvalue weighted by Gasteiger charge is 2.42. The Morgan fingerprint density at radius 1 is 1.29 bits per heavy atom. The fourth-order valence-corrected chi connectivity index (χ4v) is 2.60. The summed E-state index contributed by atoms with van der Waals surface area (Å²) >= 11 is 0. The molecule has 0 aliphatic heterocycles. The molecule has 0 bridgehead atoms. The molecular formula is C13H21F3N2O3. The van der Waals surface area contributed by atoms with Crippen molar-refractivity contribution in [1.29, 1.82) is 0 Å². The van der Waals surface area contributed by atoms with Gasteiger partial charge in [-0.3, -0.25) is 4.79 Å². The van der Waals surface area contributed by atoms with Gasteiger partial charge in [0, 0.05) is 0 Å². The Bertz CT molecular complexity index is 377. The van der Waals surface area contributed by atoms with E-state index in [-0.39, 0.29) is 0 Å². The van der Waals surface area contributed by atoms with Crippen LogP contribution in [-0.2, 0) is 9.59 Å². The summed E-state index contributed by atoms with van der Waals surface area (Å²) in [6.45, 7) is 0.197. The third kappa shape index (κ3) is 5.53. The van der Waals surface area contributed by atoms with Gasteiger partial charge in [0.25, 0.3) is 0 Å². The van der Waals surface area contributed by atoms with Crippen molar-refractivity contribution in [3.8, 4) is 0 Å². The highest BCUT2D eigenvalue weighted by Crippen LogP contribution is 2.33. The summed E-state index contributed by atoms with van der Waals surface area (Å²) in [5, 5.41) is 13.7. The van der Waals surface area contributed by atoms with E-state index in [4.69, 9.17) is 0 Å². The number of carbonyl (C=O) groups excluding carboxylic acids is 1. The molecule has 1 saturated carbocycles. The van der Waals surface area contributed by atoms with E-state index < -0.39 is 36.7 Å². The molecule has 1 rings (SSSR count). The molecule has 1 aliphatic rings. The van der Waals surface area contributed by atoms with Crippen molar-refractivity contribution in [3.05, 3.63) is 0 Å². The van der Waals surface area contributed by atoms with Crippen LogP contribution in [0.5, 0.6) is 0 Å². The van der Waals surface area contributed by atoms with E-state index in [9.17, 15) is 27.9 Å². The van der Waals surface area contributed by atoms with Gasteiger partial charge in [0.15, 0.2) is 0 Å². The summed E-state index contributed by atoms with van der Waals surface area (Å²) < 4.78 is 35.9. The predicted molar refractivity (Wildman–Crippen MR) is 69.7 cm³/mol. The van der Waals surface area contributed by atoms with Crippen LogP contribution in [0.25, 0.3) is 0 Å². The van der Waals surface area contributed by atoms with Gasteiger partial charge < -0.3 is 15.7 Å². The van der Waals surface area contributed by atoms with Gasteiger partial charge in [0.05, 0.1) is 13.1 Å². The molecule has 0 aromatic heterocycles. The third-order valence-electron chi connectivity index (χ3n) is 3.94. The van der Waals surface area contributed by atoms with Crippen LogP contribution in [0.2, 0.25) is 0 Å². The Balaban J connectivity index is 2.51. The summed E-state index contributed by atoms with van der Waals surface area (Å²) in [5.74, 6) is -1.41. The van der Waals surface area contributed by atoms with Crippen LogP contribution in [0, 0.1) is 5.92 Å². The zero-order valence-electron chi connectivity index (χ0n) is 11.9. The molecule has 1 aliphatic carbocycles. The van der Waals surface area contributed by atoms with E-state index in [0.29, 0.717) is 31.6 Å². The van der Waals surface area contributed by atoms with Gasteiger partial charge in [0.1, 0.15) is 5.54 Å². The van der Waals surface area contributed by atoms with E-state index in [1.807, 2.05) is 12.2 Å². The number of carbonyl (C=O) groups is 2. The Morgan fingerprint density at radius 3 is 2.29 bits per heavy atom. The van der Waals surface area contributed by atoms with Gasteiger partial charge in [-0.2, -0.15) is 13.2 Å². The van der Waals surface area contributed by atoms with Crippen molar-refractivity contribution in [3.63, 3.8) is 0 Å². The molecule has 0 atom stereocenters. The molecule has 122 valence electrons. The van der Waals surface area contributed by atoms with Crippen LogP contribution in [-0.4, -0.2) is 41.8 Å². The number of halogens is 3. The fourth-order valence-electron chi connectivity index (χ4n) is 2.60. The maximum Gasteiger partial charge on any atom is 0.401 e. The highest BCUT2D eigenvalue weighted by atomic mass is 19.4. The molecule has 0 spiro atoms. The average Bonchev–Trinajstić information content (AvgIpc) is 2.37. The molecule has 0 radical (unpaired) electrons. The van der Waals surface area contributed by atoms with Crippen LogP contribution >= 0.6 is 0 Å². The second kappa shape index (κ2) is 7.11. The molecule has 0 heterocycles. The minimum absolute atomic E-state index is 0.311. The lowest BCUT2D eigenvalue weighted by atomic mass is 9.75. The van der Waals surface area contributed by atoms with Crippen LogP contribution in [0.1, 0.15) is 39.0 Å². The number of alkyl halides is 3. The third-order valence-corrected chi connectivity index (χ3v) is 3.94. The number of hydrogen-bond donors (Lipinski definition) is 3. The molecule has 5 nitrogen and oxygen atoms in total. The van der Waals surface area contributed by atoms with Crippen molar-refractivity contribution in [2.45, 2.75) is 50.7 Å². The van der Waals surface area contributed by atoms with Crippen LogP contribution in [0.15, 0.2) is 0 Å². The summed E-state index contributed by atoms with van der Waals surface area (Å²) in [7, 11) is 0. The first-order chi connectivity index (χ1) is 9.68. The molecule has 8 heteroatoms. The molecule has 0 saturated heterocycles. The van der Waals surface area contributed by atoms with Crippen molar-refractivity contribution >= 4 is 11.9 Å². The van der Waals surface area contributed by atoms with Gasteiger partial charge in [-0.1, -0.05) is 13.3 Å². The zero-order valence-corrected chi connectivity index (χ0v) is 11.9. The second-order valence-electron chi connectivity index (χ2n) is 5.51. The van der Waals surface area contributed by atoms with Crippen molar-refractivity contribution in [2.75, 3.05) is 13.1 Å². The van der Waals surface area contributed by atoms with E-state index in [0.717, 1.165) is 6.42 Å². The SMILES string of the molecule is CCC1CCC(NC(=O)CNCC(F)(F)F)(C(=O)O)CC1. The summed E-state index contributed by atoms with van der Waals surface area (Å²) in [6.07, 6.45) is -1.43. The van der Waals surface area contributed by atoms with E-state index >= 15 is 0 Å². The Kier molecular flexibility index (Phi) is 6.00. The number of nitrogens with one attached hydrogen (secondary N) is 2. The molecule has 21 heavy (non-hydrogen) atoms. The first-order valence-electron chi connectivity index (χ1n) is 7.00. The Hall–Kier alpha value is -1.31. The van der Waals surface area contributed by atoms with Gasteiger partial charge in [-0.25, -0.2) is 4.79 Å². The smallest absolute Gasteiger partial charge is 0.401 e. The molecule has 0 aromatic rings. The zero-order chi connectivity index (χ0) is 16.1. The fraction of sp³-hybridized carbons (Fsp3) is 0.846. The lowest BCUT2D eigenvalue weighted by Crippen LogP contribution is -2.58. The molecule has 1 amide bonds. The van der Waals surface area contributed by atoms with Crippen LogP contribution < -0.4 is 10.6 Å². The van der Waals surface area contributed by atoms with Crippen LogP contribution in [0.4, 0.5) is 13.2 Å². The largest absolute Gasteiger partial charge is 0.480 e. The Labute approximate surface area is 121 Å². The minimum Gasteiger partial charge on any atom is -0.480 e. The average molecular weight is 310 g/mol. The first kappa shape index (κ1) is 17.7. The van der Waals surface area contributed by atoms with Crippen molar-refractivity contribution < 1.29 is 27.9 Å². The Morgan fingerprint density at radius 2 is 1.86 bits per heavy atom. The first-order valence-corrected chi connectivity index (χ1v) is 7.00. The summed E-state index contributed by atoms with van der Waals surface area (Å²) in [5.41, 5.74) is -1.34. The second-order valence-corrected chi connectivity index (χ2v) is 5.51. The summed E-state index contributed by atoms with van der Waals surface area (Å²) in [6, 6.07) is 0. The van der Waals surface area contributed by atoms with Crippen LogP contribution in [0.3, 0.4) is 0 Å². The van der Waals surface area contributed by atoms with Crippen molar-refractivity contribution in [1.82, 2.24) is 10.6 Å². The molecule has 0 unspecified atom stereocenters. The van der Waals surface area contributed by atoms with E-state index in [1.165, 1.54) is 0 Å². The minimum atomic E-state index is -4.40. The summed E-state index contributed by atoms with van der Waals surface area (Å²) in [4.78, 5) is 23.1. The standard InChI is InChI=1S/C13H21F3N2O3/c1-2-9-3-5-12(6-4-9,11(20)21)18-10(19)7-17-8-13(14,15)16/h9,17H,2-8H2,1H3,(H,18,19)(H,20,21). The molecule has 3 N–H and O–H groups in total. The quantitative estimate of drug-likeness (QED) is 0.697. The molecule has 1 fully saturated rings. The lowest BCUT2D eigenvalue weighted by molar-refractivity contribution is -0.150. The maximum absolute atomic E-state index is 12.0. The van der Waals surface area contributed by atoms with E-state index in [2.05, 4.69) is 5.32 Å². The monoisotopic (exact) mass is 310 g/mol. The normalized spacial score (nSPS) is 26.4. The molecular weight excluding hydrogens is 289 g/mol. The van der Waals surface area contributed by atoms with Gasteiger partial charge in [0.2, 0.25) is 5.91 Å².